The number of nitriles is 1. The van der Waals surface area contributed by atoms with Crippen LogP contribution in [-0.2, 0) is 24.1 Å². The molecule has 4 nitrogen and oxygen atoms in total. The Morgan fingerprint density at radius 1 is 1.38 bits per heavy atom. The van der Waals surface area contributed by atoms with Gasteiger partial charge in [-0.2, -0.15) is 5.26 Å². The number of hydrogen-bond donors (Lipinski definition) is 1. The summed E-state index contributed by atoms with van der Waals surface area (Å²) in [5, 5.41) is 13.1. The summed E-state index contributed by atoms with van der Waals surface area (Å²) in [5.41, 5.74) is 2.89. The van der Waals surface area contributed by atoms with Gasteiger partial charge in [-0.15, -0.1) is 11.3 Å². The molecule has 1 heterocycles. The van der Waals surface area contributed by atoms with Crippen LogP contribution in [0.4, 0.5) is 5.00 Å². The fourth-order valence-electron chi connectivity index (χ4n) is 3.05. The normalized spacial score (nSPS) is 13.0. The van der Waals surface area contributed by atoms with Crippen LogP contribution in [-0.4, -0.2) is 13.0 Å². The Labute approximate surface area is 146 Å². The highest BCUT2D eigenvalue weighted by Gasteiger charge is 2.21. The first kappa shape index (κ1) is 16.5. The van der Waals surface area contributed by atoms with Gasteiger partial charge < -0.3 is 10.1 Å². The monoisotopic (exact) mass is 340 g/mol. The molecule has 2 aromatic rings. The predicted octanol–water partition coefficient (Wildman–Crippen LogP) is 4.08. The molecule has 3 rings (SSSR count). The van der Waals surface area contributed by atoms with E-state index >= 15 is 0 Å². The number of ether oxygens (including phenoxy) is 1. The molecule has 1 aromatic carbocycles. The SMILES string of the molecule is COc1cccc(CCC(=O)Nc2sc3c(c2C#N)CCCC3)c1. The Kier molecular flexibility index (Phi) is 5.17. The summed E-state index contributed by atoms with van der Waals surface area (Å²) in [6.07, 6.45) is 5.31. The molecule has 1 N–H and O–H groups in total. The molecule has 0 bridgehead atoms. The van der Waals surface area contributed by atoms with Gasteiger partial charge >= 0.3 is 0 Å². The second-order valence-electron chi connectivity index (χ2n) is 5.93. The van der Waals surface area contributed by atoms with E-state index in [-0.39, 0.29) is 5.91 Å². The van der Waals surface area contributed by atoms with Gasteiger partial charge in [-0.3, -0.25) is 4.79 Å². The fourth-order valence-corrected chi connectivity index (χ4v) is 4.30. The molecule has 0 unspecified atom stereocenters. The summed E-state index contributed by atoms with van der Waals surface area (Å²) < 4.78 is 5.20. The molecule has 0 fully saturated rings. The average molecular weight is 340 g/mol. The van der Waals surface area contributed by atoms with Crippen LogP contribution in [0.5, 0.6) is 5.75 Å². The number of methoxy groups -OCH3 is 1. The van der Waals surface area contributed by atoms with Crippen molar-refractivity contribution in [2.75, 3.05) is 12.4 Å². The molecule has 0 aliphatic heterocycles. The van der Waals surface area contributed by atoms with Crippen LogP contribution in [0.25, 0.3) is 0 Å². The number of thiophene rings is 1. The van der Waals surface area contributed by atoms with Crippen molar-refractivity contribution in [3.63, 3.8) is 0 Å². The van der Waals surface area contributed by atoms with E-state index in [0.717, 1.165) is 41.1 Å². The van der Waals surface area contributed by atoms with E-state index < -0.39 is 0 Å². The smallest absolute Gasteiger partial charge is 0.225 e. The second-order valence-corrected chi connectivity index (χ2v) is 7.03. The summed E-state index contributed by atoms with van der Waals surface area (Å²) in [6, 6.07) is 10.0. The third-order valence-corrected chi connectivity index (χ3v) is 5.52. The van der Waals surface area contributed by atoms with Gasteiger partial charge in [0.1, 0.15) is 16.8 Å². The highest BCUT2D eigenvalue weighted by Crippen LogP contribution is 2.37. The van der Waals surface area contributed by atoms with E-state index in [9.17, 15) is 10.1 Å². The Morgan fingerprint density at radius 3 is 3.00 bits per heavy atom. The molecule has 1 aliphatic rings. The third kappa shape index (κ3) is 3.60. The molecular formula is C19H20N2O2S. The molecule has 124 valence electrons. The highest BCUT2D eigenvalue weighted by molar-refractivity contribution is 7.16. The average Bonchev–Trinajstić information content (AvgIpc) is 2.97. The van der Waals surface area contributed by atoms with Crippen molar-refractivity contribution in [3.05, 3.63) is 45.8 Å². The van der Waals surface area contributed by atoms with Gasteiger partial charge in [0.25, 0.3) is 0 Å². The molecule has 0 atom stereocenters. The molecular weight excluding hydrogens is 320 g/mol. The minimum Gasteiger partial charge on any atom is -0.497 e. The van der Waals surface area contributed by atoms with Crippen LogP contribution in [0, 0.1) is 11.3 Å². The van der Waals surface area contributed by atoms with Crippen LogP contribution in [0.2, 0.25) is 0 Å². The van der Waals surface area contributed by atoms with E-state index in [1.54, 1.807) is 18.4 Å². The molecule has 1 aromatic heterocycles. The lowest BCUT2D eigenvalue weighted by atomic mass is 9.96. The van der Waals surface area contributed by atoms with Gasteiger partial charge in [0.15, 0.2) is 0 Å². The van der Waals surface area contributed by atoms with Crippen molar-refractivity contribution in [1.29, 1.82) is 5.26 Å². The van der Waals surface area contributed by atoms with Crippen molar-refractivity contribution >= 4 is 22.2 Å². The quantitative estimate of drug-likeness (QED) is 0.892. The Bertz CT molecular complexity index is 789. The van der Waals surface area contributed by atoms with Crippen molar-refractivity contribution in [3.8, 4) is 11.8 Å². The minimum atomic E-state index is -0.0482. The number of carbonyl (C=O) groups is 1. The first-order valence-corrected chi connectivity index (χ1v) is 9.00. The predicted molar refractivity (Wildman–Crippen MR) is 95.6 cm³/mol. The van der Waals surface area contributed by atoms with Crippen molar-refractivity contribution in [2.45, 2.75) is 38.5 Å². The van der Waals surface area contributed by atoms with Gasteiger partial charge in [0.2, 0.25) is 5.91 Å². The van der Waals surface area contributed by atoms with Crippen molar-refractivity contribution in [1.82, 2.24) is 0 Å². The second kappa shape index (κ2) is 7.50. The maximum absolute atomic E-state index is 12.3. The standard InChI is InChI=1S/C19H20N2O2S/c1-23-14-6-4-5-13(11-14)9-10-18(22)21-19-16(12-20)15-7-2-3-8-17(15)24-19/h4-6,11H,2-3,7-10H2,1H3,(H,21,22). The summed E-state index contributed by atoms with van der Waals surface area (Å²) in [4.78, 5) is 13.5. The maximum Gasteiger partial charge on any atom is 0.225 e. The van der Waals surface area contributed by atoms with Gasteiger partial charge in [-0.25, -0.2) is 0 Å². The van der Waals surface area contributed by atoms with E-state index in [4.69, 9.17) is 4.74 Å². The van der Waals surface area contributed by atoms with Crippen LogP contribution < -0.4 is 10.1 Å². The number of aryl methyl sites for hydroxylation is 2. The summed E-state index contributed by atoms with van der Waals surface area (Å²) in [7, 11) is 1.63. The van der Waals surface area contributed by atoms with E-state index in [1.165, 1.54) is 11.3 Å². The molecule has 0 saturated heterocycles. The van der Waals surface area contributed by atoms with Crippen LogP contribution in [0.15, 0.2) is 24.3 Å². The zero-order valence-corrected chi connectivity index (χ0v) is 14.5. The first-order valence-electron chi connectivity index (χ1n) is 8.18. The van der Waals surface area contributed by atoms with Crippen LogP contribution >= 0.6 is 11.3 Å². The maximum atomic E-state index is 12.3. The van der Waals surface area contributed by atoms with E-state index in [1.807, 2.05) is 24.3 Å². The Balaban J connectivity index is 1.65. The number of nitrogens with one attached hydrogen (secondary N) is 1. The number of amides is 1. The van der Waals surface area contributed by atoms with E-state index in [2.05, 4.69) is 11.4 Å². The number of carbonyl (C=O) groups excluding carboxylic acids is 1. The third-order valence-electron chi connectivity index (χ3n) is 4.31. The first-order chi connectivity index (χ1) is 11.7. The number of benzene rings is 1. The number of hydrogen-bond acceptors (Lipinski definition) is 4. The van der Waals surface area contributed by atoms with Crippen LogP contribution in [0.3, 0.4) is 0 Å². The molecule has 5 heteroatoms. The topological polar surface area (TPSA) is 62.1 Å². The Hall–Kier alpha value is -2.32. The van der Waals surface area contributed by atoms with Gasteiger partial charge in [-0.05, 0) is 55.4 Å². The largest absolute Gasteiger partial charge is 0.497 e. The number of nitrogens with zero attached hydrogens (tertiary/aromatic N) is 1. The van der Waals surface area contributed by atoms with Crippen molar-refractivity contribution < 1.29 is 9.53 Å². The molecule has 1 aliphatic carbocycles. The zero-order valence-electron chi connectivity index (χ0n) is 13.7. The highest BCUT2D eigenvalue weighted by atomic mass is 32.1. The minimum absolute atomic E-state index is 0.0482. The fraction of sp³-hybridized carbons (Fsp3) is 0.368. The van der Waals surface area contributed by atoms with Gasteiger partial charge in [0, 0.05) is 11.3 Å². The number of rotatable bonds is 5. The molecule has 0 spiro atoms. The Morgan fingerprint density at radius 2 is 2.21 bits per heavy atom. The summed E-state index contributed by atoms with van der Waals surface area (Å²) in [6.45, 7) is 0. The molecule has 0 saturated carbocycles. The van der Waals surface area contributed by atoms with Gasteiger partial charge in [0.05, 0.1) is 12.7 Å². The lowest BCUT2D eigenvalue weighted by molar-refractivity contribution is -0.116. The van der Waals surface area contributed by atoms with Gasteiger partial charge in [-0.1, -0.05) is 12.1 Å². The summed E-state index contributed by atoms with van der Waals surface area (Å²) >= 11 is 1.57. The molecule has 0 radical (unpaired) electrons. The van der Waals surface area contributed by atoms with Crippen LogP contribution in [0.1, 0.15) is 40.8 Å². The number of fused-ring (bicyclic) bond motifs is 1. The van der Waals surface area contributed by atoms with E-state index in [0.29, 0.717) is 18.4 Å². The zero-order chi connectivity index (χ0) is 16.9. The van der Waals surface area contributed by atoms with Crippen molar-refractivity contribution in [2.24, 2.45) is 0 Å². The molecule has 1 amide bonds. The summed E-state index contributed by atoms with van der Waals surface area (Å²) in [5.74, 6) is 0.749. The number of anilines is 1. The molecule has 24 heavy (non-hydrogen) atoms. The lowest BCUT2D eigenvalue weighted by Gasteiger charge is -2.09. The lowest BCUT2D eigenvalue weighted by Crippen LogP contribution is -2.12.